The largest absolute Gasteiger partial charge is 0.390 e. The normalized spacial score (nSPS) is 35.8. The zero-order valence-corrected chi connectivity index (χ0v) is 20.8. The minimum absolute atomic E-state index is 0.0542. The molecule has 30 heavy (non-hydrogen) atoms. The van der Waals surface area contributed by atoms with Crippen LogP contribution in [0.3, 0.4) is 0 Å². The topological polar surface area (TPSA) is 62.2 Å². The van der Waals surface area contributed by atoms with Gasteiger partial charge in [0, 0.05) is 23.3 Å². The second-order valence-electron chi connectivity index (χ2n) is 9.13. The summed E-state index contributed by atoms with van der Waals surface area (Å²) in [7, 11) is 1.63. The highest BCUT2D eigenvalue weighted by atomic mass is 79.9. The van der Waals surface area contributed by atoms with Crippen LogP contribution in [-0.4, -0.2) is 58.3 Å². The van der Waals surface area contributed by atoms with E-state index in [1.807, 2.05) is 6.07 Å². The molecule has 1 heterocycles. The molecule has 6 unspecified atom stereocenters. The summed E-state index contributed by atoms with van der Waals surface area (Å²) in [6, 6.07) is 8.36. The number of epoxide rings is 1. The van der Waals surface area contributed by atoms with E-state index in [1.165, 1.54) is 11.1 Å². The third kappa shape index (κ3) is 5.51. The Morgan fingerprint density at radius 1 is 1.40 bits per heavy atom. The number of halogens is 1. The van der Waals surface area contributed by atoms with Gasteiger partial charge in [-0.25, -0.2) is 0 Å². The van der Waals surface area contributed by atoms with Crippen LogP contribution in [0.15, 0.2) is 40.4 Å². The second kappa shape index (κ2) is 10.1. The number of thioether (sulfide) groups is 1. The molecule has 1 saturated heterocycles. The first-order chi connectivity index (χ1) is 14.2. The molecule has 1 saturated carbocycles. The molecule has 1 aromatic rings. The highest BCUT2D eigenvalue weighted by Crippen LogP contribution is 2.54. The molecule has 4 nitrogen and oxygen atoms in total. The molecule has 2 N–H and O–H groups in total. The van der Waals surface area contributed by atoms with E-state index in [1.54, 1.807) is 18.9 Å². The second-order valence-corrected chi connectivity index (χ2v) is 11.1. The van der Waals surface area contributed by atoms with Crippen LogP contribution in [0.5, 0.6) is 0 Å². The number of aryl methyl sites for hydroxylation is 1. The molecule has 168 valence electrons. The monoisotopic (exact) mass is 498 g/mol. The zero-order valence-electron chi connectivity index (χ0n) is 18.4. The number of aliphatic hydroxyl groups is 2. The van der Waals surface area contributed by atoms with Crippen molar-refractivity contribution in [2.75, 3.05) is 18.6 Å². The van der Waals surface area contributed by atoms with Crippen molar-refractivity contribution < 1.29 is 19.7 Å². The fourth-order valence-corrected chi connectivity index (χ4v) is 6.51. The number of ether oxygens (including phenoxy) is 2. The lowest BCUT2D eigenvalue weighted by atomic mass is 9.66. The molecule has 0 aromatic heterocycles. The Hall–Kier alpha value is -0.370. The lowest BCUT2D eigenvalue weighted by Gasteiger charge is -2.48. The summed E-state index contributed by atoms with van der Waals surface area (Å²) >= 11 is 5.29. The van der Waals surface area contributed by atoms with Gasteiger partial charge in [-0.05, 0) is 69.9 Å². The fraction of sp³-hybridized carbons (Fsp3) is 0.667. The van der Waals surface area contributed by atoms with E-state index >= 15 is 0 Å². The van der Waals surface area contributed by atoms with Crippen LogP contribution in [0.1, 0.15) is 45.6 Å². The molecular weight excluding hydrogens is 464 g/mol. The fourth-order valence-electron chi connectivity index (χ4n) is 4.86. The highest BCUT2D eigenvalue weighted by molar-refractivity contribution is 9.10. The van der Waals surface area contributed by atoms with Gasteiger partial charge in [0.05, 0.1) is 23.9 Å². The van der Waals surface area contributed by atoms with Crippen LogP contribution >= 0.6 is 27.7 Å². The number of rotatable bonds is 9. The van der Waals surface area contributed by atoms with Gasteiger partial charge in [0.2, 0.25) is 0 Å². The average molecular weight is 500 g/mol. The Kier molecular flexibility index (Phi) is 8.13. The predicted octanol–water partition coefficient (Wildman–Crippen LogP) is 4.76. The van der Waals surface area contributed by atoms with E-state index in [9.17, 15) is 10.2 Å². The molecule has 6 atom stereocenters. The summed E-state index contributed by atoms with van der Waals surface area (Å²) in [5, 5.41) is 22.3. The molecule has 3 rings (SSSR count). The van der Waals surface area contributed by atoms with Gasteiger partial charge in [0.1, 0.15) is 5.60 Å². The lowest BCUT2D eigenvalue weighted by Crippen LogP contribution is -2.60. The molecule has 1 aliphatic heterocycles. The van der Waals surface area contributed by atoms with Crippen molar-refractivity contribution in [1.82, 2.24) is 0 Å². The SMILES string of the molecule is COC1C(O)CCC(O)(CSCCc2cccc(Br)c2)C1C1(C)OC1CC=C(C)C. The molecule has 0 spiro atoms. The van der Waals surface area contributed by atoms with Crippen LogP contribution in [0.4, 0.5) is 0 Å². The van der Waals surface area contributed by atoms with E-state index in [-0.39, 0.29) is 12.0 Å². The number of benzene rings is 1. The average Bonchev–Trinajstić information content (AvgIpc) is 3.36. The summed E-state index contributed by atoms with van der Waals surface area (Å²) < 4.78 is 13.0. The Morgan fingerprint density at radius 3 is 2.83 bits per heavy atom. The van der Waals surface area contributed by atoms with E-state index in [0.29, 0.717) is 18.6 Å². The molecule has 1 aromatic carbocycles. The minimum atomic E-state index is -0.920. The summed E-state index contributed by atoms with van der Waals surface area (Å²) in [5.74, 6) is 1.30. The Labute approximate surface area is 193 Å². The van der Waals surface area contributed by atoms with Gasteiger partial charge >= 0.3 is 0 Å². The molecule has 0 radical (unpaired) electrons. The maximum Gasteiger partial charge on any atom is 0.100 e. The van der Waals surface area contributed by atoms with E-state index < -0.39 is 23.4 Å². The van der Waals surface area contributed by atoms with Crippen molar-refractivity contribution in [1.29, 1.82) is 0 Å². The highest BCUT2D eigenvalue weighted by Gasteiger charge is 2.66. The summed E-state index contributed by atoms with van der Waals surface area (Å²) in [6.07, 6.45) is 4.14. The van der Waals surface area contributed by atoms with E-state index in [2.05, 4.69) is 61.0 Å². The summed E-state index contributed by atoms with van der Waals surface area (Å²) in [6.45, 7) is 6.24. The van der Waals surface area contributed by atoms with Crippen molar-refractivity contribution in [3.8, 4) is 0 Å². The third-order valence-corrected chi connectivity index (χ3v) is 8.23. The van der Waals surface area contributed by atoms with Crippen molar-refractivity contribution in [2.24, 2.45) is 5.92 Å². The van der Waals surface area contributed by atoms with Crippen LogP contribution in [-0.2, 0) is 15.9 Å². The number of hydrogen-bond acceptors (Lipinski definition) is 5. The van der Waals surface area contributed by atoms with Gasteiger partial charge in [0.15, 0.2) is 0 Å². The van der Waals surface area contributed by atoms with Crippen molar-refractivity contribution in [3.63, 3.8) is 0 Å². The van der Waals surface area contributed by atoms with Gasteiger partial charge < -0.3 is 19.7 Å². The predicted molar refractivity (Wildman–Crippen MR) is 127 cm³/mol. The third-order valence-electron chi connectivity index (χ3n) is 6.54. The standard InChI is InChI=1S/C24H35BrO4S/c1-16(2)8-9-20-23(3,29-20)22-21(28-4)19(26)10-12-24(22,27)15-30-13-11-17-6-5-7-18(25)14-17/h5-8,14,19-22,26-27H,9-13,15H2,1-4H3. The molecule has 0 amide bonds. The molecule has 2 aliphatic rings. The minimum Gasteiger partial charge on any atom is -0.390 e. The number of allylic oxidation sites excluding steroid dienone is 1. The van der Waals surface area contributed by atoms with Crippen LogP contribution < -0.4 is 0 Å². The first-order valence-electron chi connectivity index (χ1n) is 10.8. The summed E-state index contributed by atoms with van der Waals surface area (Å²) in [4.78, 5) is 0. The molecule has 1 aliphatic carbocycles. The van der Waals surface area contributed by atoms with Gasteiger partial charge in [-0.2, -0.15) is 11.8 Å². The maximum absolute atomic E-state index is 11.7. The van der Waals surface area contributed by atoms with Gasteiger partial charge in [-0.3, -0.25) is 0 Å². The Bertz CT molecular complexity index is 752. The Balaban J connectivity index is 1.67. The van der Waals surface area contributed by atoms with Crippen molar-refractivity contribution >= 4 is 27.7 Å². The van der Waals surface area contributed by atoms with Gasteiger partial charge in [-0.15, -0.1) is 0 Å². The zero-order chi connectivity index (χ0) is 21.9. The van der Waals surface area contributed by atoms with Crippen LogP contribution in [0, 0.1) is 5.92 Å². The molecule has 0 bridgehead atoms. The molecule has 6 heteroatoms. The molecular formula is C24H35BrO4S. The number of methoxy groups -OCH3 is 1. The summed E-state index contributed by atoms with van der Waals surface area (Å²) in [5.41, 5.74) is 1.15. The Morgan fingerprint density at radius 2 is 2.17 bits per heavy atom. The van der Waals surface area contributed by atoms with Crippen LogP contribution in [0.2, 0.25) is 0 Å². The van der Waals surface area contributed by atoms with E-state index in [0.717, 1.165) is 23.1 Å². The lowest BCUT2D eigenvalue weighted by molar-refractivity contribution is -0.169. The molecule has 2 fully saturated rings. The van der Waals surface area contributed by atoms with Crippen LogP contribution in [0.25, 0.3) is 0 Å². The van der Waals surface area contributed by atoms with Crippen molar-refractivity contribution in [3.05, 3.63) is 46.0 Å². The van der Waals surface area contributed by atoms with Gasteiger partial charge in [0.25, 0.3) is 0 Å². The number of aliphatic hydroxyl groups excluding tert-OH is 1. The van der Waals surface area contributed by atoms with Crippen molar-refractivity contribution in [2.45, 2.75) is 76.0 Å². The van der Waals surface area contributed by atoms with E-state index in [4.69, 9.17) is 9.47 Å². The maximum atomic E-state index is 11.7. The first kappa shape index (κ1) is 24.3. The smallest absolute Gasteiger partial charge is 0.100 e. The quantitative estimate of drug-likeness (QED) is 0.292. The first-order valence-corrected chi connectivity index (χ1v) is 12.7. The van der Waals surface area contributed by atoms with Gasteiger partial charge in [-0.1, -0.05) is 39.7 Å². The number of hydrogen-bond donors (Lipinski definition) is 2.